The van der Waals surface area contributed by atoms with E-state index in [4.69, 9.17) is 69.5 Å². The summed E-state index contributed by atoms with van der Waals surface area (Å²) < 4.78 is 32.3. The molecule has 0 spiro atoms. The number of hydrogen-bond acceptors (Lipinski definition) is 13. The molecule has 8 bridgehead atoms. The van der Waals surface area contributed by atoms with Gasteiger partial charge in [0.2, 0.25) is 41.4 Å². The molecule has 7 heterocycles. The first-order valence-corrected chi connectivity index (χ1v) is 32.4. The zero-order chi connectivity index (χ0) is 66.7. The van der Waals surface area contributed by atoms with Gasteiger partial charge in [-0.15, -0.1) is 40.9 Å². The minimum atomic E-state index is -5.06. The third kappa shape index (κ3) is 14.0. The first kappa shape index (κ1) is 72.5. The molecule has 1 radical (unpaired) electrons. The minimum Gasteiger partial charge on any atom is -0.685 e. The molecule has 6 aliphatic rings. The fraction of sp³-hybridized carbons (Fsp3) is 0.677. The van der Waals surface area contributed by atoms with Crippen molar-refractivity contribution >= 4 is 60.2 Å². The number of aromatic nitrogens is 2. The topological polar surface area (TPSA) is 467 Å². The number of aliphatic hydroxyl groups is 2. The fourth-order valence-electron chi connectivity index (χ4n) is 16.1. The number of amides is 7. The molecule has 18 atom stereocenters. The Bertz CT molecular complexity index is 3340. The van der Waals surface area contributed by atoms with E-state index < -0.39 is 161 Å². The zero-order valence-corrected chi connectivity index (χ0v) is 55.7. The van der Waals surface area contributed by atoms with Gasteiger partial charge in [-0.1, -0.05) is 47.6 Å². The van der Waals surface area contributed by atoms with E-state index in [1.165, 1.54) is 13.3 Å². The molecule has 507 valence electrons. The predicted molar refractivity (Wildman–Crippen MR) is 331 cm³/mol. The Morgan fingerprint density at radius 2 is 1.40 bits per heavy atom. The van der Waals surface area contributed by atoms with Gasteiger partial charge in [-0.2, -0.15) is 17.1 Å². The van der Waals surface area contributed by atoms with Crippen LogP contribution in [0.5, 0.6) is 0 Å². The second kappa shape index (κ2) is 27.2. The molecular weight excluding hydrogens is 1240 g/mol. The summed E-state index contributed by atoms with van der Waals surface area (Å²) in [4.78, 5) is 109. The average molecular weight is 1330 g/mol. The van der Waals surface area contributed by atoms with E-state index in [1.54, 1.807) is 4.57 Å². The fourth-order valence-corrected chi connectivity index (χ4v) is 17.2. The number of nitrogens with one attached hydrogen (secondary N) is 1. The number of aryl methyl sites for hydroxylation is 2. The Hall–Kier alpha value is -5.94. The number of aliphatic hydroxyl groups excluding tert-OH is 2. The van der Waals surface area contributed by atoms with Gasteiger partial charge in [0.1, 0.15) is 18.3 Å². The van der Waals surface area contributed by atoms with Gasteiger partial charge in [0, 0.05) is 68.3 Å². The molecule has 16 N–H and O–H groups in total. The van der Waals surface area contributed by atoms with Crippen LogP contribution in [-0.2, 0) is 68.7 Å². The molecule has 5 saturated heterocycles. The van der Waals surface area contributed by atoms with Gasteiger partial charge < -0.3 is 85.4 Å². The van der Waals surface area contributed by atoms with E-state index in [1.807, 2.05) is 87.4 Å². The molecule has 1 aromatic carbocycles. The van der Waals surface area contributed by atoms with Crippen LogP contribution < -0.4 is 49.3 Å². The monoisotopic (exact) mass is 1330 g/mol. The number of benzene rings is 1. The van der Waals surface area contributed by atoms with Crippen LogP contribution in [0.4, 0.5) is 0 Å². The van der Waals surface area contributed by atoms with Crippen LogP contribution in [0.1, 0.15) is 150 Å². The van der Waals surface area contributed by atoms with Gasteiger partial charge >= 0.3 is 7.82 Å². The Balaban J connectivity index is 0.0000118. The molecule has 7 amide bonds. The van der Waals surface area contributed by atoms with E-state index in [9.17, 15) is 53.2 Å². The number of primary amides is 6. The zero-order valence-electron chi connectivity index (χ0n) is 53.8. The first-order chi connectivity index (χ1) is 41.8. The number of ether oxygens (including phenoxy) is 1. The van der Waals surface area contributed by atoms with Crippen LogP contribution in [0.2, 0.25) is 0 Å². The minimum absolute atomic E-state index is 0. The Labute approximate surface area is 541 Å². The average Bonchev–Trinajstić information content (AvgIpc) is 1.53. The molecule has 0 aliphatic carbocycles. The number of hydrogen-bond donors (Lipinski definition) is 10. The van der Waals surface area contributed by atoms with Crippen LogP contribution in [-0.4, -0.2) is 124 Å². The summed E-state index contributed by atoms with van der Waals surface area (Å²) in [5.41, 5.74) is 36.2. The maximum atomic E-state index is 14.4. The number of allylic oxidation sites excluding steroid dienone is 3. The summed E-state index contributed by atoms with van der Waals surface area (Å²) in [6.45, 7) is 19.5. The van der Waals surface area contributed by atoms with Crippen LogP contribution in [0.15, 0.2) is 52.8 Å². The van der Waals surface area contributed by atoms with Crippen LogP contribution in [0, 0.1) is 59.2 Å². The van der Waals surface area contributed by atoms with Crippen molar-refractivity contribution in [2.24, 2.45) is 79.7 Å². The van der Waals surface area contributed by atoms with E-state index in [0.717, 1.165) is 11.1 Å². The summed E-state index contributed by atoms with van der Waals surface area (Å²) >= 11 is 0. The van der Waals surface area contributed by atoms with Gasteiger partial charge in [0.15, 0.2) is 6.23 Å². The molecule has 27 nitrogen and oxygen atoms in total. The number of phosphoric ester groups is 1. The molecule has 18 unspecified atom stereocenters. The maximum Gasteiger partial charge on any atom is 0.472 e. The Morgan fingerprint density at radius 1 is 0.791 bits per heavy atom. The molecular formula is C62H92CoN13O14P-4. The first-order valence-electron chi connectivity index (χ1n) is 30.9. The second-order valence-corrected chi connectivity index (χ2v) is 28.9. The van der Waals surface area contributed by atoms with E-state index in [0.29, 0.717) is 39.3 Å². The Kier molecular flexibility index (Phi) is 21.7. The molecule has 2 aromatic rings. The van der Waals surface area contributed by atoms with E-state index >= 15 is 0 Å². The van der Waals surface area contributed by atoms with Crippen molar-refractivity contribution in [1.29, 1.82) is 0 Å². The third-order valence-electron chi connectivity index (χ3n) is 21.2. The van der Waals surface area contributed by atoms with Crippen LogP contribution in [0.3, 0.4) is 0 Å². The summed E-state index contributed by atoms with van der Waals surface area (Å²) in [5.74, 6) is -6.91. The van der Waals surface area contributed by atoms with E-state index in [2.05, 4.69) is 10.3 Å². The molecule has 29 heteroatoms. The van der Waals surface area contributed by atoms with Crippen molar-refractivity contribution in [2.75, 3.05) is 13.2 Å². The van der Waals surface area contributed by atoms with Crippen molar-refractivity contribution in [3.63, 3.8) is 0 Å². The van der Waals surface area contributed by atoms with Crippen molar-refractivity contribution in [3.05, 3.63) is 85.2 Å². The summed E-state index contributed by atoms with van der Waals surface area (Å²) in [6.07, 6.45) is -3.96. The Morgan fingerprint density at radius 3 is 1.99 bits per heavy atom. The number of carbonyl (C=O) groups is 7. The predicted octanol–water partition coefficient (Wildman–Crippen LogP) is 3.90. The normalized spacial score (nSPS) is 36.3. The van der Waals surface area contributed by atoms with Gasteiger partial charge in [-0.25, -0.2) is 9.55 Å². The van der Waals surface area contributed by atoms with Crippen molar-refractivity contribution in [1.82, 2.24) is 10.3 Å². The summed E-state index contributed by atoms with van der Waals surface area (Å²) in [7, 11) is -5.06. The molecule has 6 aliphatic heterocycles. The molecule has 8 rings (SSSR count). The largest absolute Gasteiger partial charge is 0.685 e. The molecule has 0 saturated carbocycles. The summed E-state index contributed by atoms with van der Waals surface area (Å²) in [6, 6.07) is 0.469. The second-order valence-electron chi connectivity index (χ2n) is 27.6. The number of rotatable bonds is 26. The standard InChI is InChI=1S/C62H92N13O14P.Co/c1-29-20-39-40(21-30(29)2)75(28-70-39)57-52(84)53(41(27-76)87-57)89-90(85,86)88-31(3)26-69-49(83)18-19-59(8)37(22-46(66)80)56-62(11)61(10,25-48(68)82)36(14-17-45(65)79)51(74-62)33(5)55-60(9,24-47(67)81)34(12-15-43(63)77)38(71-55)23-42-58(6,7)35(13-16-44(64)78)50(72-42)32(4)54(59)73-56;/h20-21,23,28,31,34-38,41,50,52-53,55-57,76,84H,12-19,22,24-27H2,1-11H3,(H14,63,64,65,66,67,68,69,77,78,79,80,81,82,83,85,86);/q-4;/b42-23-,51-33-,54-32-;. The molecule has 91 heavy (non-hydrogen) atoms. The van der Waals surface area contributed by atoms with Crippen LogP contribution in [0.25, 0.3) is 32.3 Å². The number of fused-ring (bicyclic) bond motifs is 10. The van der Waals surface area contributed by atoms with Gasteiger partial charge in [-0.3, -0.25) is 42.6 Å². The molecule has 1 aromatic heterocycles. The number of phosphoric acid groups is 1. The third-order valence-corrected chi connectivity index (χ3v) is 22.3. The van der Waals surface area contributed by atoms with Crippen molar-refractivity contribution in [3.8, 4) is 0 Å². The summed E-state index contributed by atoms with van der Waals surface area (Å²) in [5, 5.41) is 46.9. The van der Waals surface area contributed by atoms with Gasteiger partial charge in [-0.05, 0) is 129 Å². The van der Waals surface area contributed by atoms with Crippen LogP contribution >= 0.6 is 7.82 Å². The molecule has 5 fully saturated rings. The maximum absolute atomic E-state index is 14.4. The number of nitrogens with two attached hydrogens (primary N) is 6. The number of carbonyl (C=O) groups excluding carboxylic acids is 7. The van der Waals surface area contributed by atoms with Gasteiger partial charge in [0.05, 0.1) is 30.1 Å². The van der Waals surface area contributed by atoms with E-state index in [-0.39, 0.29) is 94.0 Å². The van der Waals surface area contributed by atoms with Crippen molar-refractivity contribution in [2.45, 2.75) is 207 Å². The SMILES string of the molecule is C/C1=C2/[N-]C(C(CC(N)=O)C2(C)CCC(=O)NCC(C)OP(=O)(O)OC2C(CO)OC([n+]3c[n-]c4cc(C)c(C)cc43)C2O)C2(C)[N-]/C(=C(/C)C3[N-]C(/C=C4\[N-]C1C(CCC(N)=O)C4(C)C)C(CCC(N)=O)C3(C)CC(N)=O)C(CCC(N)=O)C2(C)CC(N)=O.[Co]. The number of imidazole rings is 1. The van der Waals surface area contributed by atoms with Crippen molar-refractivity contribution < 1.29 is 88.4 Å². The number of nitrogens with zero attached hydrogens (tertiary/aromatic N) is 6. The quantitative estimate of drug-likeness (QED) is 0.0472. The van der Waals surface area contributed by atoms with Gasteiger partial charge in [0.25, 0.3) is 0 Å². The smallest absolute Gasteiger partial charge is 0.472 e.